The Balaban J connectivity index is 1.99. The molecule has 2 aliphatic rings. The molecule has 1 heteroatoms. The third-order valence-electron chi connectivity index (χ3n) is 3.85. The molecule has 0 aromatic rings. The van der Waals surface area contributed by atoms with Gasteiger partial charge in [0.2, 0.25) is 0 Å². The van der Waals surface area contributed by atoms with Crippen LogP contribution in [0.5, 0.6) is 0 Å². The Labute approximate surface area is 75.9 Å². The van der Waals surface area contributed by atoms with E-state index in [0.29, 0.717) is 0 Å². The van der Waals surface area contributed by atoms with Crippen LogP contribution in [0, 0.1) is 11.8 Å². The summed E-state index contributed by atoms with van der Waals surface area (Å²) in [5, 5.41) is 3.67. The Kier molecular flexibility index (Phi) is 2.69. The first-order chi connectivity index (χ1) is 5.92. The van der Waals surface area contributed by atoms with E-state index in [2.05, 4.69) is 12.2 Å². The first-order valence-electron chi connectivity index (χ1n) is 5.65. The molecule has 3 atom stereocenters. The molecule has 12 heavy (non-hydrogen) atoms. The minimum absolute atomic E-state index is 0.851. The second kappa shape index (κ2) is 3.78. The maximum absolute atomic E-state index is 3.67. The Morgan fingerprint density at radius 2 is 2.00 bits per heavy atom. The van der Waals surface area contributed by atoms with Crippen molar-refractivity contribution in [3.05, 3.63) is 0 Å². The van der Waals surface area contributed by atoms with E-state index in [1.54, 1.807) is 0 Å². The molecule has 1 nitrogen and oxygen atoms in total. The van der Waals surface area contributed by atoms with Crippen molar-refractivity contribution in [2.24, 2.45) is 11.8 Å². The van der Waals surface area contributed by atoms with Crippen molar-refractivity contribution in [1.82, 2.24) is 5.32 Å². The molecule has 1 saturated heterocycles. The van der Waals surface area contributed by atoms with Crippen molar-refractivity contribution >= 4 is 0 Å². The molecule has 2 rings (SSSR count). The number of nitrogens with one attached hydrogen (secondary N) is 1. The fourth-order valence-corrected chi connectivity index (χ4v) is 3.18. The summed E-state index contributed by atoms with van der Waals surface area (Å²) < 4.78 is 0. The zero-order valence-corrected chi connectivity index (χ0v) is 8.18. The SMILES string of the molecule is CCC1NCC[C@@H]2CCCC[C@H]12. The van der Waals surface area contributed by atoms with E-state index >= 15 is 0 Å². The van der Waals surface area contributed by atoms with Gasteiger partial charge in [0.05, 0.1) is 0 Å². The molecule has 1 aliphatic heterocycles. The van der Waals surface area contributed by atoms with Crippen LogP contribution in [0.15, 0.2) is 0 Å². The monoisotopic (exact) mass is 167 g/mol. The minimum Gasteiger partial charge on any atom is -0.314 e. The molecule has 0 radical (unpaired) electrons. The van der Waals surface area contributed by atoms with Crippen LogP contribution in [-0.4, -0.2) is 12.6 Å². The van der Waals surface area contributed by atoms with Crippen LogP contribution in [0.4, 0.5) is 0 Å². The third-order valence-corrected chi connectivity index (χ3v) is 3.85. The summed E-state index contributed by atoms with van der Waals surface area (Å²) in [6.45, 7) is 3.61. The van der Waals surface area contributed by atoms with Crippen molar-refractivity contribution in [1.29, 1.82) is 0 Å². The van der Waals surface area contributed by atoms with Crippen LogP contribution in [0.1, 0.15) is 45.4 Å². The van der Waals surface area contributed by atoms with Crippen LogP contribution in [0.3, 0.4) is 0 Å². The highest BCUT2D eigenvalue weighted by molar-refractivity contribution is 4.88. The van der Waals surface area contributed by atoms with Crippen molar-refractivity contribution < 1.29 is 0 Å². The Morgan fingerprint density at radius 3 is 2.83 bits per heavy atom. The van der Waals surface area contributed by atoms with E-state index in [-0.39, 0.29) is 0 Å². The van der Waals surface area contributed by atoms with Gasteiger partial charge in [-0.1, -0.05) is 26.2 Å². The van der Waals surface area contributed by atoms with E-state index in [1.165, 1.54) is 45.1 Å². The van der Waals surface area contributed by atoms with Gasteiger partial charge in [-0.25, -0.2) is 0 Å². The average Bonchev–Trinajstić information content (AvgIpc) is 2.17. The molecule has 0 bridgehead atoms. The second-order valence-corrected chi connectivity index (χ2v) is 4.47. The van der Waals surface area contributed by atoms with Crippen LogP contribution in [-0.2, 0) is 0 Å². The summed E-state index contributed by atoms with van der Waals surface area (Å²) in [4.78, 5) is 0. The van der Waals surface area contributed by atoms with Crippen molar-refractivity contribution in [2.45, 2.75) is 51.5 Å². The Hall–Kier alpha value is -0.0400. The van der Waals surface area contributed by atoms with Gasteiger partial charge in [-0.3, -0.25) is 0 Å². The summed E-state index contributed by atoms with van der Waals surface area (Å²) in [5.41, 5.74) is 0. The smallest absolute Gasteiger partial charge is 0.00953 e. The molecule has 0 aromatic heterocycles. The fraction of sp³-hybridized carbons (Fsp3) is 1.00. The van der Waals surface area contributed by atoms with E-state index < -0.39 is 0 Å². The molecular formula is C11H21N. The van der Waals surface area contributed by atoms with E-state index in [1.807, 2.05) is 0 Å². The van der Waals surface area contributed by atoms with Gasteiger partial charge in [-0.15, -0.1) is 0 Å². The van der Waals surface area contributed by atoms with Crippen LogP contribution < -0.4 is 5.32 Å². The lowest BCUT2D eigenvalue weighted by Gasteiger charge is -2.41. The molecule has 1 aliphatic carbocycles. The number of fused-ring (bicyclic) bond motifs is 1. The highest BCUT2D eigenvalue weighted by Crippen LogP contribution is 2.37. The summed E-state index contributed by atoms with van der Waals surface area (Å²) >= 11 is 0. The lowest BCUT2D eigenvalue weighted by Crippen LogP contribution is -2.46. The van der Waals surface area contributed by atoms with Gasteiger partial charge in [-0.2, -0.15) is 0 Å². The number of hydrogen-bond donors (Lipinski definition) is 1. The molecule has 1 heterocycles. The quantitative estimate of drug-likeness (QED) is 0.633. The predicted octanol–water partition coefficient (Wildman–Crippen LogP) is 2.56. The summed E-state index contributed by atoms with van der Waals surface area (Å²) in [6, 6.07) is 0.851. The normalized spacial score (nSPS) is 42.2. The zero-order chi connectivity index (χ0) is 8.39. The Morgan fingerprint density at radius 1 is 1.17 bits per heavy atom. The highest BCUT2D eigenvalue weighted by Gasteiger charge is 2.33. The fourth-order valence-electron chi connectivity index (χ4n) is 3.18. The van der Waals surface area contributed by atoms with E-state index in [4.69, 9.17) is 0 Å². The van der Waals surface area contributed by atoms with Crippen LogP contribution >= 0.6 is 0 Å². The zero-order valence-electron chi connectivity index (χ0n) is 8.18. The van der Waals surface area contributed by atoms with Gasteiger partial charge in [-0.05, 0) is 37.6 Å². The molecule has 0 aromatic carbocycles. The summed E-state index contributed by atoms with van der Waals surface area (Å²) in [7, 11) is 0. The molecular weight excluding hydrogens is 146 g/mol. The van der Waals surface area contributed by atoms with E-state index in [9.17, 15) is 0 Å². The standard InChI is InChI=1S/C11H21N/c1-2-11-10-6-4-3-5-9(10)7-8-12-11/h9-12H,2-8H2,1H3/t9-,10-,11?/m0/s1. The van der Waals surface area contributed by atoms with Crippen LogP contribution in [0.25, 0.3) is 0 Å². The maximum atomic E-state index is 3.67. The highest BCUT2D eigenvalue weighted by atomic mass is 14.9. The maximum Gasteiger partial charge on any atom is 0.00953 e. The van der Waals surface area contributed by atoms with Gasteiger partial charge in [0.25, 0.3) is 0 Å². The number of rotatable bonds is 1. The molecule has 1 saturated carbocycles. The van der Waals surface area contributed by atoms with Gasteiger partial charge >= 0.3 is 0 Å². The third kappa shape index (κ3) is 1.52. The first kappa shape index (κ1) is 8.55. The molecule has 0 amide bonds. The largest absolute Gasteiger partial charge is 0.314 e. The summed E-state index contributed by atoms with van der Waals surface area (Å²) in [6.07, 6.45) is 8.78. The van der Waals surface area contributed by atoms with E-state index in [0.717, 1.165) is 17.9 Å². The van der Waals surface area contributed by atoms with Crippen molar-refractivity contribution in [2.75, 3.05) is 6.54 Å². The average molecular weight is 167 g/mol. The van der Waals surface area contributed by atoms with Crippen molar-refractivity contribution in [3.63, 3.8) is 0 Å². The Bertz CT molecular complexity index is 135. The van der Waals surface area contributed by atoms with Gasteiger partial charge in [0, 0.05) is 6.04 Å². The summed E-state index contributed by atoms with van der Waals surface area (Å²) in [5.74, 6) is 2.10. The second-order valence-electron chi connectivity index (χ2n) is 4.47. The van der Waals surface area contributed by atoms with Crippen molar-refractivity contribution in [3.8, 4) is 0 Å². The molecule has 70 valence electrons. The lowest BCUT2D eigenvalue weighted by molar-refractivity contribution is 0.131. The van der Waals surface area contributed by atoms with Gasteiger partial charge in [0.15, 0.2) is 0 Å². The molecule has 1 unspecified atom stereocenters. The molecule has 0 spiro atoms. The topological polar surface area (TPSA) is 12.0 Å². The lowest BCUT2D eigenvalue weighted by atomic mass is 9.71. The first-order valence-corrected chi connectivity index (χ1v) is 5.65. The molecule has 1 N–H and O–H groups in total. The van der Waals surface area contributed by atoms with Gasteiger partial charge in [0.1, 0.15) is 0 Å². The van der Waals surface area contributed by atoms with Gasteiger partial charge < -0.3 is 5.32 Å². The van der Waals surface area contributed by atoms with Crippen LogP contribution in [0.2, 0.25) is 0 Å². The number of hydrogen-bond acceptors (Lipinski definition) is 1. The molecule has 2 fully saturated rings. The number of piperidine rings is 1. The minimum atomic E-state index is 0.851. The predicted molar refractivity (Wildman–Crippen MR) is 52.1 cm³/mol.